The van der Waals surface area contributed by atoms with Gasteiger partial charge in [0.2, 0.25) is 0 Å². The van der Waals surface area contributed by atoms with E-state index in [0.717, 1.165) is 25.6 Å². The van der Waals surface area contributed by atoms with E-state index < -0.39 is 11.6 Å². The highest BCUT2D eigenvalue weighted by Gasteiger charge is 2.22. The second-order valence-corrected chi connectivity index (χ2v) is 5.29. The van der Waals surface area contributed by atoms with Gasteiger partial charge >= 0.3 is 0 Å². The van der Waals surface area contributed by atoms with E-state index in [-0.39, 0.29) is 12.1 Å². The van der Waals surface area contributed by atoms with Crippen LogP contribution in [0.15, 0.2) is 18.2 Å². The molecule has 1 aliphatic rings. The molecule has 2 N–H and O–H groups in total. The topological polar surface area (TPSA) is 35.5 Å². The van der Waals surface area contributed by atoms with E-state index in [1.165, 1.54) is 6.07 Å². The summed E-state index contributed by atoms with van der Waals surface area (Å²) < 4.78 is 27.2. The number of benzene rings is 1. The molecule has 3 nitrogen and oxygen atoms in total. The standard InChI is InChI=1S/C15H22F2N2O/c1-2-18-14(7-9-19-8-6-11(20)10-19)12-4-3-5-13(16)15(12)17/h3-5,11,14,18,20H,2,6-10H2,1H3. The molecule has 0 bridgehead atoms. The first-order chi connectivity index (χ1) is 9.61. The van der Waals surface area contributed by atoms with E-state index in [1.54, 1.807) is 6.07 Å². The summed E-state index contributed by atoms with van der Waals surface area (Å²) in [4.78, 5) is 2.16. The third kappa shape index (κ3) is 3.75. The van der Waals surface area contributed by atoms with Crippen molar-refractivity contribution in [1.29, 1.82) is 0 Å². The zero-order chi connectivity index (χ0) is 14.5. The number of β-amino-alcohol motifs (C(OH)–C–C–N with tert-alkyl or cyclic N) is 1. The molecule has 1 aliphatic heterocycles. The van der Waals surface area contributed by atoms with Gasteiger partial charge in [-0.3, -0.25) is 0 Å². The van der Waals surface area contributed by atoms with Gasteiger partial charge in [0.15, 0.2) is 11.6 Å². The number of nitrogens with zero attached hydrogens (tertiary/aromatic N) is 1. The fourth-order valence-corrected chi connectivity index (χ4v) is 2.73. The van der Waals surface area contributed by atoms with Gasteiger partial charge in [-0.1, -0.05) is 19.1 Å². The molecule has 0 amide bonds. The predicted octanol–water partition coefficient (Wildman–Crippen LogP) is 2.07. The summed E-state index contributed by atoms with van der Waals surface area (Å²) in [6.07, 6.45) is 1.24. The van der Waals surface area contributed by atoms with E-state index in [0.29, 0.717) is 25.1 Å². The molecular weight excluding hydrogens is 262 g/mol. The van der Waals surface area contributed by atoms with Crippen LogP contribution in [0.4, 0.5) is 8.78 Å². The lowest BCUT2D eigenvalue weighted by Gasteiger charge is -2.22. The molecular formula is C15H22F2N2O. The van der Waals surface area contributed by atoms with Gasteiger partial charge in [0.25, 0.3) is 0 Å². The summed E-state index contributed by atoms with van der Waals surface area (Å²) in [5.74, 6) is -1.57. The molecule has 0 spiro atoms. The maximum Gasteiger partial charge on any atom is 0.163 e. The molecule has 1 aromatic carbocycles. The van der Waals surface area contributed by atoms with Crippen LogP contribution in [0.1, 0.15) is 31.4 Å². The quantitative estimate of drug-likeness (QED) is 0.839. The molecule has 0 radical (unpaired) electrons. The molecule has 2 atom stereocenters. The Bertz CT molecular complexity index is 442. The van der Waals surface area contributed by atoms with Crippen molar-refractivity contribution in [3.63, 3.8) is 0 Å². The number of hydrogen-bond acceptors (Lipinski definition) is 3. The van der Waals surface area contributed by atoms with Crippen LogP contribution in [0.25, 0.3) is 0 Å². The van der Waals surface area contributed by atoms with Crippen molar-refractivity contribution in [3.8, 4) is 0 Å². The Hall–Kier alpha value is -1.04. The maximum atomic E-state index is 13.9. The third-order valence-electron chi connectivity index (χ3n) is 3.79. The molecule has 1 saturated heterocycles. The molecule has 2 unspecified atom stereocenters. The predicted molar refractivity (Wildman–Crippen MR) is 74.5 cm³/mol. The first-order valence-corrected chi connectivity index (χ1v) is 7.19. The lowest BCUT2D eigenvalue weighted by atomic mass is 10.0. The average molecular weight is 284 g/mol. The van der Waals surface area contributed by atoms with Crippen LogP contribution in [0.5, 0.6) is 0 Å². The summed E-state index contributed by atoms with van der Waals surface area (Å²) in [6, 6.07) is 4.11. The van der Waals surface area contributed by atoms with Gasteiger partial charge in [-0.2, -0.15) is 0 Å². The molecule has 0 saturated carbocycles. The molecule has 1 fully saturated rings. The van der Waals surface area contributed by atoms with Crippen LogP contribution >= 0.6 is 0 Å². The van der Waals surface area contributed by atoms with Crippen molar-refractivity contribution in [1.82, 2.24) is 10.2 Å². The number of hydrogen-bond donors (Lipinski definition) is 2. The van der Waals surface area contributed by atoms with E-state index >= 15 is 0 Å². The van der Waals surface area contributed by atoms with E-state index in [1.807, 2.05) is 6.92 Å². The van der Waals surface area contributed by atoms with Gasteiger partial charge in [-0.15, -0.1) is 0 Å². The molecule has 112 valence electrons. The van der Waals surface area contributed by atoms with Crippen LogP contribution in [0.3, 0.4) is 0 Å². The van der Waals surface area contributed by atoms with E-state index in [4.69, 9.17) is 0 Å². The lowest BCUT2D eigenvalue weighted by Crippen LogP contribution is -2.29. The summed E-state index contributed by atoms with van der Waals surface area (Å²) in [5.41, 5.74) is 0.381. The summed E-state index contributed by atoms with van der Waals surface area (Å²) in [7, 11) is 0. The molecule has 0 aliphatic carbocycles. The minimum atomic E-state index is -0.804. The Morgan fingerprint density at radius 3 is 2.90 bits per heavy atom. The van der Waals surface area contributed by atoms with Crippen LogP contribution in [-0.4, -0.2) is 42.3 Å². The van der Waals surface area contributed by atoms with Crippen molar-refractivity contribution in [2.24, 2.45) is 0 Å². The Morgan fingerprint density at radius 1 is 1.45 bits per heavy atom. The summed E-state index contributed by atoms with van der Waals surface area (Å²) in [5, 5.41) is 12.7. The first kappa shape index (κ1) is 15.4. The third-order valence-corrected chi connectivity index (χ3v) is 3.79. The molecule has 1 heterocycles. The number of aliphatic hydroxyl groups excluding tert-OH is 1. The fraction of sp³-hybridized carbons (Fsp3) is 0.600. The van der Waals surface area contributed by atoms with E-state index in [9.17, 15) is 13.9 Å². The van der Waals surface area contributed by atoms with Crippen LogP contribution in [0.2, 0.25) is 0 Å². The van der Waals surface area contributed by atoms with Gasteiger partial charge in [-0.25, -0.2) is 8.78 Å². The smallest absolute Gasteiger partial charge is 0.163 e. The van der Waals surface area contributed by atoms with Gasteiger partial charge in [0.05, 0.1) is 6.10 Å². The highest BCUT2D eigenvalue weighted by Crippen LogP contribution is 2.23. The zero-order valence-electron chi connectivity index (χ0n) is 11.8. The fourth-order valence-electron chi connectivity index (χ4n) is 2.73. The normalized spacial score (nSPS) is 21.3. The van der Waals surface area contributed by atoms with Gasteiger partial charge in [0.1, 0.15) is 0 Å². The van der Waals surface area contributed by atoms with Crippen LogP contribution in [0, 0.1) is 11.6 Å². The minimum absolute atomic E-state index is 0.201. The molecule has 5 heteroatoms. The molecule has 2 rings (SSSR count). The Morgan fingerprint density at radius 2 is 2.25 bits per heavy atom. The number of nitrogens with one attached hydrogen (secondary N) is 1. The zero-order valence-corrected chi connectivity index (χ0v) is 11.8. The Kier molecular flexibility index (Phi) is 5.46. The monoisotopic (exact) mass is 284 g/mol. The van der Waals surface area contributed by atoms with Crippen molar-refractivity contribution < 1.29 is 13.9 Å². The second kappa shape index (κ2) is 7.11. The van der Waals surface area contributed by atoms with Gasteiger partial charge in [-0.05, 0) is 25.5 Å². The number of aliphatic hydroxyl groups is 1. The molecule has 0 aromatic heterocycles. The summed E-state index contributed by atoms with van der Waals surface area (Å²) in [6.45, 7) is 4.95. The van der Waals surface area contributed by atoms with Gasteiger partial charge in [0, 0.05) is 31.2 Å². The van der Waals surface area contributed by atoms with Crippen molar-refractivity contribution in [3.05, 3.63) is 35.4 Å². The second-order valence-electron chi connectivity index (χ2n) is 5.29. The largest absolute Gasteiger partial charge is 0.392 e. The number of halogens is 2. The highest BCUT2D eigenvalue weighted by atomic mass is 19.2. The van der Waals surface area contributed by atoms with Crippen molar-refractivity contribution in [2.75, 3.05) is 26.2 Å². The number of rotatable bonds is 6. The Labute approximate surface area is 118 Å². The van der Waals surface area contributed by atoms with Crippen LogP contribution < -0.4 is 5.32 Å². The first-order valence-electron chi connectivity index (χ1n) is 7.19. The molecule has 1 aromatic rings. The molecule has 20 heavy (non-hydrogen) atoms. The Balaban J connectivity index is 2.01. The maximum absolute atomic E-state index is 13.9. The lowest BCUT2D eigenvalue weighted by molar-refractivity contribution is 0.174. The average Bonchev–Trinajstić information content (AvgIpc) is 2.84. The van der Waals surface area contributed by atoms with Crippen molar-refractivity contribution >= 4 is 0 Å². The SMILES string of the molecule is CCNC(CCN1CCC(O)C1)c1cccc(F)c1F. The van der Waals surface area contributed by atoms with E-state index in [2.05, 4.69) is 10.2 Å². The highest BCUT2D eigenvalue weighted by molar-refractivity contribution is 5.22. The number of likely N-dealkylation sites (tertiary alicyclic amines) is 1. The summed E-state index contributed by atoms with van der Waals surface area (Å²) >= 11 is 0. The minimum Gasteiger partial charge on any atom is -0.392 e. The van der Waals surface area contributed by atoms with Crippen molar-refractivity contribution in [2.45, 2.75) is 31.9 Å². The van der Waals surface area contributed by atoms with Gasteiger partial charge < -0.3 is 15.3 Å². The van der Waals surface area contributed by atoms with Crippen LogP contribution in [-0.2, 0) is 0 Å².